The summed E-state index contributed by atoms with van der Waals surface area (Å²) in [5.74, 6) is 0. The van der Waals surface area contributed by atoms with Crippen molar-refractivity contribution in [2.45, 2.75) is 4.90 Å². The molecule has 0 aromatic carbocycles. The van der Waals surface area contributed by atoms with Crippen LogP contribution >= 0.6 is 53.9 Å². The van der Waals surface area contributed by atoms with E-state index in [2.05, 4.69) is 31.9 Å². The van der Waals surface area contributed by atoms with Crippen molar-refractivity contribution in [3.05, 3.63) is 17.7 Å². The quantitative estimate of drug-likeness (QED) is 0.445. The summed E-state index contributed by atoms with van der Waals surface area (Å²) in [6, 6.07) is 0. The third-order valence-corrected chi connectivity index (χ3v) is 5.42. The van der Waals surface area contributed by atoms with Crippen LogP contribution in [0.5, 0.6) is 0 Å². The second kappa shape index (κ2) is 4.05. The first kappa shape index (κ1) is 12.4. The molecule has 0 fully saturated rings. The van der Waals surface area contributed by atoms with Crippen molar-refractivity contribution in [3.63, 3.8) is 0 Å². The lowest BCUT2D eigenvalue weighted by molar-refractivity contribution is -0.388. The predicted octanol–water partition coefficient (Wildman–Crippen LogP) is 3.11. The number of hydrogen-bond acceptors (Lipinski definition) is 5. The molecule has 0 aliphatic heterocycles. The van der Waals surface area contributed by atoms with Crippen LogP contribution in [0.4, 0.5) is 5.69 Å². The monoisotopic (exact) mass is 383 g/mol. The predicted molar refractivity (Wildman–Crippen MR) is 59.4 cm³/mol. The fraction of sp³-hybridized carbons (Fsp3) is 0. The maximum atomic E-state index is 11.0. The normalized spacial score (nSPS) is 11.6. The minimum absolute atomic E-state index is 0.103. The average molecular weight is 385 g/mol. The number of nitrogens with zero attached hydrogens (tertiary/aromatic N) is 1. The highest BCUT2D eigenvalue weighted by Gasteiger charge is 2.33. The molecule has 78 valence electrons. The van der Waals surface area contributed by atoms with Gasteiger partial charge in [-0.3, -0.25) is 10.1 Å². The summed E-state index contributed by atoms with van der Waals surface area (Å²) < 4.78 is 22.2. The molecule has 1 aromatic rings. The van der Waals surface area contributed by atoms with Crippen molar-refractivity contribution in [1.29, 1.82) is 0 Å². The van der Waals surface area contributed by atoms with E-state index in [1.165, 1.54) is 0 Å². The third-order valence-electron chi connectivity index (χ3n) is 1.19. The number of hydrogen-bond donors (Lipinski definition) is 0. The van der Waals surface area contributed by atoms with E-state index >= 15 is 0 Å². The first-order valence-corrected chi connectivity index (χ1v) is 7.53. The summed E-state index contributed by atoms with van der Waals surface area (Å²) in [5.41, 5.74) is -0.545. The zero-order chi connectivity index (χ0) is 11.1. The van der Waals surface area contributed by atoms with Gasteiger partial charge in [0.05, 0.1) is 8.71 Å². The zero-order valence-electron chi connectivity index (χ0n) is 6.03. The fourth-order valence-electron chi connectivity index (χ4n) is 0.722. The van der Waals surface area contributed by atoms with Gasteiger partial charge in [-0.2, -0.15) is 0 Å². The summed E-state index contributed by atoms with van der Waals surface area (Å²) in [6.07, 6.45) is 0. The molecule has 1 rings (SSSR count). The van der Waals surface area contributed by atoms with Gasteiger partial charge in [0.15, 0.2) is 8.68 Å². The van der Waals surface area contributed by atoms with Crippen molar-refractivity contribution in [1.82, 2.24) is 0 Å². The SMILES string of the molecule is O=[N+]([O-])c1c(Br)sc(Br)c1S(=O)(=O)Cl. The molecule has 0 spiro atoms. The lowest BCUT2D eigenvalue weighted by atomic mass is 10.5. The Morgan fingerprint density at radius 3 is 2.14 bits per heavy atom. The van der Waals surface area contributed by atoms with E-state index in [9.17, 15) is 18.5 Å². The highest BCUT2D eigenvalue weighted by Crippen LogP contribution is 2.45. The summed E-state index contributed by atoms with van der Waals surface area (Å²) in [7, 11) is 0.926. The van der Waals surface area contributed by atoms with Gasteiger partial charge in [-0.05, 0) is 31.9 Å². The number of thiophene rings is 1. The van der Waals surface area contributed by atoms with E-state index < -0.39 is 24.6 Å². The van der Waals surface area contributed by atoms with Gasteiger partial charge in [0, 0.05) is 10.7 Å². The van der Waals surface area contributed by atoms with Gasteiger partial charge in [-0.1, -0.05) is 0 Å². The minimum Gasteiger partial charge on any atom is -0.258 e. The van der Waals surface area contributed by atoms with Crippen LogP contribution < -0.4 is 0 Å². The average Bonchev–Trinajstić information content (AvgIpc) is 2.23. The Kier molecular flexibility index (Phi) is 3.58. The largest absolute Gasteiger partial charge is 0.315 e. The van der Waals surface area contributed by atoms with Crippen molar-refractivity contribution < 1.29 is 13.3 Å². The minimum atomic E-state index is -4.12. The first-order valence-electron chi connectivity index (χ1n) is 2.82. The van der Waals surface area contributed by atoms with Crippen LogP contribution in [0, 0.1) is 10.1 Å². The van der Waals surface area contributed by atoms with Crippen molar-refractivity contribution in [3.8, 4) is 0 Å². The number of halogens is 3. The molecule has 0 radical (unpaired) electrons. The molecular formula is C4Br2ClNO4S2. The van der Waals surface area contributed by atoms with E-state index in [4.69, 9.17) is 10.7 Å². The van der Waals surface area contributed by atoms with Crippen molar-refractivity contribution >= 4 is 68.6 Å². The molecule has 0 amide bonds. The molecule has 14 heavy (non-hydrogen) atoms. The highest BCUT2D eigenvalue weighted by atomic mass is 79.9. The standard InChI is InChI=1S/C4Br2ClNO4S2/c5-3-1(8(9)10)2(4(6)13-3)14(7,11)12. The van der Waals surface area contributed by atoms with Crippen LogP contribution in [0.25, 0.3) is 0 Å². The van der Waals surface area contributed by atoms with Gasteiger partial charge in [0.2, 0.25) is 0 Å². The third kappa shape index (κ3) is 2.27. The van der Waals surface area contributed by atoms with E-state index in [1.54, 1.807) is 0 Å². The van der Waals surface area contributed by atoms with Crippen LogP contribution in [0.15, 0.2) is 12.5 Å². The Bertz CT molecular complexity index is 496. The molecular weight excluding hydrogens is 385 g/mol. The van der Waals surface area contributed by atoms with Crippen LogP contribution in [0.3, 0.4) is 0 Å². The van der Waals surface area contributed by atoms with Gasteiger partial charge >= 0.3 is 5.69 Å². The van der Waals surface area contributed by atoms with E-state index in [-0.39, 0.29) is 7.57 Å². The van der Waals surface area contributed by atoms with E-state index in [1.807, 2.05) is 0 Å². The second-order valence-electron chi connectivity index (χ2n) is 2.02. The maximum absolute atomic E-state index is 11.0. The first-order chi connectivity index (χ1) is 6.25. The smallest absolute Gasteiger partial charge is 0.258 e. The Morgan fingerprint density at radius 1 is 1.36 bits per heavy atom. The zero-order valence-corrected chi connectivity index (χ0v) is 11.6. The van der Waals surface area contributed by atoms with Gasteiger partial charge in [0.25, 0.3) is 9.05 Å². The molecule has 1 heterocycles. The Labute approximate surface area is 104 Å². The molecule has 5 nitrogen and oxygen atoms in total. The van der Waals surface area contributed by atoms with Crippen molar-refractivity contribution in [2.75, 3.05) is 0 Å². The maximum Gasteiger partial charge on any atom is 0.315 e. The lowest BCUT2D eigenvalue weighted by Gasteiger charge is -1.92. The van der Waals surface area contributed by atoms with Gasteiger partial charge < -0.3 is 0 Å². The Morgan fingerprint density at radius 2 is 1.86 bits per heavy atom. The van der Waals surface area contributed by atoms with Crippen LogP contribution in [0.1, 0.15) is 0 Å². The van der Waals surface area contributed by atoms with E-state index in [0.29, 0.717) is 0 Å². The molecule has 0 atom stereocenters. The molecule has 0 bridgehead atoms. The molecule has 0 saturated heterocycles. The molecule has 0 N–H and O–H groups in total. The summed E-state index contributed by atoms with van der Waals surface area (Å²) in [6.45, 7) is 0. The summed E-state index contributed by atoms with van der Waals surface area (Å²) in [5, 5.41) is 10.5. The topological polar surface area (TPSA) is 77.3 Å². The Hall–Kier alpha value is 0.300. The number of nitro groups is 1. The van der Waals surface area contributed by atoms with Crippen LogP contribution in [-0.4, -0.2) is 13.3 Å². The molecule has 0 saturated carbocycles. The lowest BCUT2D eigenvalue weighted by Crippen LogP contribution is -1.96. The summed E-state index contributed by atoms with van der Waals surface area (Å²) >= 11 is 6.66. The fourth-order valence-corrected chi connectivity index (χ4v) is 6.25. The van der Waals surface area contributed by atoms with Crippen LogP contribution in [-0.2, 0) is 9.05 Å². The molecule has 0 aliphatic carbocycles. The van der Waals surface area contributed by atoms with Gasteiger partial charge in [-0.25, -0.2) is 8.42 Å². The molecule has 0 aliphatic rings. The summed E-state index contributed by atoms with van der Waals surface area (Å²) in [4.78, 5) is 9.22. The van der Waals surface area contributed by atoms with Crippen molar-refractivity contribution in [2.24, 2.45) is 0 Å². The van der Waals surface area contributed by atoms with Crippen LogP contribution in [0.2, 0.25) is 0 Å². The molecule has 1 aromatic heterocycles. The van der Waals surface area contributed by atoms with Gasteiger partial charge in [0.1, 0.15) is 0 Å². The Balaban J connectivity index is 3.65. The second-order valence-corrected chi connectivity index (χ2v) is 8.18. The van der Waals surface area contributed by atoms with E-state index in [0.717, 1.165) is 11.3 Å². The van der Waals surface area contributed by atoms with Gasteiger partial charge in [-0.15, -0.1) is 11.3 Å². The number of rotatable bonds is 2. The highest BCUT2D eigenvalue weighted by molar-refractivity contribution is 9.12. The molecule has 10 heteroatoms. The molecule has 0 unspecified atom stereocenters.